The van der Waals surface area contributed by atoms with Crippen molar-refractivity contribution in [3.05, 3.63) is 71.1 Å². The molecule has 0 bridgehead atoms. The van der Waals surface area contributed by atoms with Gasteiger partial charge in [0.25, 0.3) is 11.8 Å². The Morgan fingerprint density at radius 2 is 1.97 bits per heavy atom. The number of nitrogens with one attached hydrogen (secondary N) is 2. The molecule has 0 radical (unpaired) electrons. The number of carbonyl (C=O) groups is 3. The van der Waals surface area contributed by atoms with E-state index in [0.29, 0.717) is 23.4 Å². The van der Waals surface area contributed by atoms with Gasteiger partial charge in [0.05, 0.1) is 13.7 Å². The van der Waals surface area contributed by atoms with Crippen LogP contribution in [-0.4, -0.2) is 61.2 Å². The van der Waals surface area contributed by atoms with Gasteiger partial charge in [0, 0.05) is 44.2 Å². The van der Waals surface area contributed by atoms with E-state index in [2.05, 4.69) is 22.5 Å². The van der Waals surface area contributed by atoms with Gasteiger partial charge in [-0.05, 0) is 52.9 Å². The van der Waals surface area contributed by atoms with E-state index in [0.717, 1.165) is 34.3 Å². The fraction of sp³-hybridized carbons (Fsp3) is 0.310. The maximum absolute atomic E-state index is 13.3. The minimum absolute atomic E-state index is 0.0860. The molecule has 3 aliphatic heterocycles. The topological polar surface area (TPSA) is 116 Å². The SMILES string of the molecule is COc1ccc2c(c1)C(=O)N(CC1(c3cc4cc(C5=CN=C(N(C)C)CC5C)ccc4o3)NC(=O)NC1=O)C2. The van der Waals surface area contributed by atoms with Crippen LogP contribution >= 0.6 is 0 Å². The van der Waals surface area contributed by atoms with Gasteiger partial charge in [0.1, 0.15) is 22.9 Å². The second kappa shape index (κ2) is 9.00. The van der Waals surface area contributed by atoms with Crippen molar-refractivity contribution in [3.63, 3.8) is 0 Å². The van der Waals surface area contributed by atoms with Crippen LogP contribution in [-0.2, 0) is 16.9 Å². The molecule has 4 heterocycles. The monoisotopic (exact) mass is 527 g/mol. The summed E-state index contributed by atoms with van der Waals surface area (Å²) in [5.41, 5.74) is 2.47. The number of rotatable bonds is 5. The third-order valence-corrected chi connectivity index (χ3v) is 7.72. The lowest BCUT2D eigenvalue weighted by Crippen LogP contribution is -2.52. The second-order valence-electron chi connectivity index (χ2n) is 10.5. The first kappa shape index (κ1) is 24.7. The van der Waals surface area contributed by atoms with Crippen molar-refractivity contribution in [2.45, 2.75) is 25.4 Å². The molecule has 3 aromatic rings. The molecule has 2 aromatic carbocycles. The van der Waals surface area contributed by atoms with Crippen molar-refractivity contribution in [1.82, 2.24) is 20.4 Å². The van der Waals surface area contributed by atoms with Crippen molar-refractivity contribution in [3.8, 4) is 5.75 Å². The number of amides is 4. The highest BCUT2D eigenvalue weighted by atomic mass is 16.5. The Morgan fingerprint density at radius 1 is 1.15 bits per heavy atom. The van der Waals surface area contributed by atoms with Crippen LogP contribution in [0.2, 0.25) is 0 Å². The van der Waals surface area contributed by atoms with E-state index in [-0.39, 0.29) is 24.1 Å². The van der Waals surface area contributed by atoms with E-state index >= 15 is 0 Å². The van der Waals surface area contributed by atoms with Crippen LogP contribution in [0.3, 0.4) is 0 Å². The van der Waals surface area contributed by atoms with Crippen LogP contribution in [0.15, 0.2) is 58.1 Å². The molecule has 0 saturated carbocycles. The average Bonchev–Trinajstić information content (AvgIpc) is 3.57. The van der Waals surface area contributed by atoms with Gasteiger partial charge in [-0.15, -0.1) is 0 Å². The van der Waals surface area contributed by atoms with Crippen molar-refractivity contribution in [2.75, 3.05) is 27.7 Å². The normalized spacial score (nSPS) is 22.4. The van der Waals surface area contributed by atoms with Crippen molar-refractivity contribution in [2.24, 2.45) is 10.9 Å². The third-order valence-electron chi connectivity index (χ3n) is 7.72. The molecule has 0 aliphatic carbocycles. The Bertz CT molecular complexity index is 1600. The van der Waals surface area contributed by atoms with E-state index < -0.39 is 17.5 Å². The van der Waals surface area contributed by atoms with Crippen molar-refractivity contribution in [1.29, 1.82) is 0 Å². The molecule has 10 heteroatoms. The number of amidine groups is 1. The molecule has 1 fully saturated rings. The number of ether oxygens (including phenoxy) is 1. The minimum Gasteiger partial charge on any atom is -0.497 e. The molecule has 1 aromatic heterocycles. The van der Waals surface area contributed by atoms with Crippen molar-refractivity contribution >= 4 is 40.2 Å². The number of urea groups is 1. The molecule has 6 rings (SSSR count). The van der Waals surface area contributed by atoms with Crippen LogP contribution in [0.25, 0.3) is 16.5 Å². The Kier molecular flexibility index (Phi) is 5.71. The summed E-state index contributed by atoms with van der Waals surface area (Å²) < 4.78 is 11.4. The van der Waals surface area contributed by atoms with Crippen molar-refractivity contribution < 1.29 is 23.5 Å². The molecule has 1 saturated heterocycles. The van der Waals surface area contributed by atoms with Gasteiger partial charge in [-0.1, -0.05) is 19.1 Å². The van der Waals surface area contributed by atoms with E-state index in [1.807, 2.05) is 49.5 Å². The molecular weight excluding hydrogens is 498 g/mol. The van der Waals surface area contributed by atoms with Crippen LogP contribution in [0, 0.1) is 5.92 Å². The molecule has 2 unspecified atom stereocenters. The molecule has 4 amide bonds. The van der Waals surface area contributed by atoms with Gasteiger partial charge in [-0.2, -0.15) is 0 Å². The summed E-state index contributed by atoms with van der Waals surface area (Å²) in [5, 5.41) is 5.86. The summed E-state index contributed by atoms with van der Waals surface area (Å²) >= 11 is 0. The van der Waals surface area contributed by atoms with Crippen LogP contribution in [0.4, 0.5) is 4.79 Å². The highest BCUT2D eigenvalue weighted by Gasteiger charge is 2.53. The number of hydrogen-bond acceptors (Lipinski definition) is 7. The van der Waals surface area contributed by atoms with Crippen LogP contribution in [0.5, 0.6) is 5.75 Å². The van der Waals surface area contributed by atoms with Gasteiger partial charge in [-0.25, -0.2) is 9.79 Å². The van der Waals surface area contributed by atoms with E-state index in [1.54, 1.807) is 30.2 Å². The zero-order valence-electron chi connectivity index (χ0n) is 22.2. The lowest BCUT2D eigenvalue weighted by Gasteiger charge is -2.29. The standard InChI is InChI=1S/C29H29N5O5/c1-16-9-25(33(2)3)30-13-22(16)17-6-8-23-19(10-17)11-24(39-23)29(27(36)31-28(37)32-29)15-34-14-18-5-7-20(38-4)12-21(18)26(34)35/h5-8,10-13,16H,9,14-15H2,1-4H3,(H2,31,32,36,37). The minimum atomic E-state index is -1.57. The lowest BCUT2D eigenvalue weighted by molar-refractivity contribution is -0.125. The third kappa shape index (κ3) is 4.03. The maximum Gasteiger partial charge on any atom is 0.322 e. The number of hydrogen-bond donors (Lipinski definition) is 2. The van der Waals surface area contributed by atoms with Gasteiger partial charge in [-0.3, -0.25) is 14.9 Å². The molecule has 39 heavy (non-hydrogen) atoms. The number of benzene rings is 2. The lowest BCUT2D eigenvalue weighted by atomic mass is 9.89. The quantitative estimate of drug-likeness (QED) is 0.491. The van der Waals surface area contributed by atoms with Gasteiger partial charge < -0.3 is 24.3 Å². The van der Waals surface area contributed by atoms with E-state index in [4.69, 9.17) is 9.15 Å². The maximum atomic E-state index is 13.3. The first-order valence-electron chi connectivity index (χ1n) is 12.8. The first-order valence-corrected chi connectivity index (χ1v) is 12.8. The summed E-state index contributed by atoms with van der Waals surface area (Å²) in [5.74, 6) is 1.33. The molecule has 200 valence electrons. The molecule has 3 aliphatic rings. The van der Waals surface area contributed by atoms with E-state index in [9.17, 15) is 14.4 Å². The summed E-state index contributed by atoms with van der Waals surface area (Å²) in [4.78, 5) is 47.1. The van der Waals surface area contributed by atoms with Gasteiger partial charge >= 0.3 is 6.03 Å². The van der Waals surface area contributed by atoms with Crippen LogP contribution in [0.1, 0.15) is 40.6 Å². The zero-order chi connectivity index (χ0) is 27.5. The molecule has 2 N–H and O–H groups in total. The Balaban J connectivity index is 1.35. The van der Waals surface area contributed by atoms with Gasteiger partial charge in [0.2, 0.25) is 0 Å². The average molecular weight is 528 g/mol. The predicted molar refractivity (Wildman–Crippen MR) is 145 cm³/mol. The second-order valence-corrected chi connectivity index (χ2v) is 10.5. The number of imide groups is 1. The number of furan rings is 1. The number of nitrogens with zero attached hydrogens (tertiary/aromatic N) is 3. The zero-order valence-corrected chi connectivity index (χ0v) is 22.2. The highest BCUT2D eigenvalue weighted by Crippen LogP contribution is 2.37. The molecule has 0 spiro atoms. The Labute approximate surface area is 225 Å². The van der Waals surface area contributed by atoms with Crippen LogP contribution < -0.4 is 15.4 Å². The number of aliphatic imine (C=N–C) groups is 1. The summed E-state index contributed by atoms with van der Waals surface area (Å²) in [7, 11) is 5.52. The summed E-state index contributed by atoms with van der Waals surface area (Å²) in [6, 6.07) is 12.3. The number of allylic oxidation sites excluding steroid dienone is 1. The van der Waals surface area contributed by atoms with Gasteiger partial charge in [0.15, 0.2) is 5.54 Å². The first-order chi connectivity index (χ1) is 18.7. The van der Waals surface area contributed by atoms with E-state index in [1.165, 1.54) is 0 Å². The fourth-order valence-corrected chi connectivity index (χ4v) is 5.53. The smallest absolute Gasteiger partial charge is 0.322 e. The largest absolute Gasteiger partial charge is 0.497 e. The molecule has 10 nitrogen and oxygen atoms in total. The number of fused-ring (bicyclic) bond motifs is 2. The fourth-order valence-electron chi connectivity index (χ4n) is 5.53. The summed E-state index contributed by atoms with van der Waals surface area (Å²) in [6.07, 6.45) is 2.74. The summed E-state index contributed by atoms with van der Waals surface area (Å²) in [6.45, 7) is 2.38. The molecule has 2 atom stereocenters. The highest BCUT2D eigenvalue weighted by molar-refractivity contribution is 6.08. The Morgan fingerprint density at radius 3 is 2.67 bits per heavy atom. The predicted octanol–water partition coefficient (Wildman–Crippen LogP) is 3.47. The number of carbonyl (C=O) groups excluding carboxylic acids is 3. The Hall–Kier alpha value is -4.60. The number of methoxy groups -OCH3 is 1. The molecular formula is C29H29N5O5.